The molecule has 1 heterocycles. The molecular formula is C27H42N6O6. The van der Waals surface area contributed by atoms with Crippen LogP contribution in [-0.4, -0.2) is 75.7 Å². The molecule has 0 fully saturated rings. The van der Waals surface area contributed by atoms with Crippen LogP contribution in [0.15, 0.2) is 30.5 Å². The van der Waals surface area contributed by atoms with Gasteiger partial charge in [-0.25, -0.2) is 4.79 Å². The Hall–Kier alpha value is -3.48. The predicted molar refractivity (Wildman–Crippen MR) is 147 cm³/mol. The minimum atomic E-state index is -1.23. The number of hydrogen-bond donors (Lipinski definition) is 8. The number of aliphatic hydroxyl groups excluding tert-OH is 1. The van der Waals surface area contributed by atoms with E-state index in [1.165, 1.54) is 6.92 Å². The first-order valence-electron chi connectivity index (χ1n) is 13.3. The average molecular weight is 547 g/mol. The lowest BCUT2D eigenvalue weighted by molar-refractivity contribution is -0.142. The minimum Gasteiger partial charge on any atom is -0.480 e. The SMILES string of the molecule is CC(C)CC(NC(=O)C(N)C(C)O)C(=O)NC(Cc1c[nH]c2ccccc12)C(=O)NC(CCCCN)C(=O)O. The highest BCUT2D eigenvalue weighted by molar-refractivity contribution is 5.95. The molecule has 0 spiro atoms. The van der Waals surface area contributed by atoms with E-state index in [-0.39, 0.29) is 25.2 Å². The number of hydrogen-bond acceptors (Lipinski definition) is 7. The first kappa shape index (κ1) is 31.7. The van der Waals surface area contributed by atoms with Crippen LogP contribution in [-0.2, 0) is 25.6 Å². The van der Waals surface area contributed by atoms with E-state index in [0.29, 0.717) is 19.4 Å². The van der Waals surface area contributed by atoms with Gasteiger partial charge in [-0.05, 0) is 56.7 Å². The maximum atomic E-state index is 13.4. The fourth-order valence-corrected chi connectivity index (χ4v) is 4.21. The fraction of sp³-hybridized carbons (Fsp3) is 0.556. The standard InChI is InChI=1S/C27H42N6O6/c1-15(2)12-21(33-26(37)23(29)16(3)34)24(35)32-22(13-17-14-30-19-9-5-4-8-18(17)19)25(36)31-20(27(38)39)10-6-7-11-28/h4-5,8-9,14-16,20-23,30,34H,6-7,10-13,28-29H2,1-3H3,(H,31,36)(H,32,35)(H,33,37)(H,38,39). The number of amides is 3. The van der Waals surface area contributed by atoms with Crippen LogP contribution < -0.4 is 27.4 Å². The van der Waals surface area contributed by atoms with Gasteiger partial charge >= 0.3 is 5.97 Å². The molecule has 12 nitrogen and oxygen atoms in total. The highest BCUT2D eigenvalue weighted by atomic mass is 16.4. The van der Waals surface area contributed by atoms with E-state index in [9.17, 15) is 29.4 Å². The van der Waals surface area contributed by atoms with Crippen molar-refractivity contribution in [2.24, 2.45) is 17.4 Å². The fourth-order valence-electron chi connectivity index (χ4n) is 4.21. The van der Waals surface area contributed by atoms with E-state index in [0.717, 1.165) is 16.5 Å². The van der Waals surface area contributed by atoms with Crippen molar-refractivity contribution in [1.82, 2.24) is 20.9 Å². The molecule has 3 amide bonds. The number of carboxylic acid groups (broad SMARTS) is 1. The van der Waals surface area contributed by atoms with Crippen LogP contribution in [0.4, 0.5) is 0 Å². The van der Waals surface area contributed by atoms with Gasteiger partial charge in [-0.1, -0.05) is 32.0 Å². The number of benzene rings is 1. The maximum Gasteiger partial charge on any atom is 0.326 e. The van der Waals surface area contributed by atoms with Gasteiger partial charge in [0.2, 0.25) is 17.7 Å². The second-order valence-corrected chi connectivity index (χ2v) is 10.3. The summed E-state index contributed by atoms with van der Waals surface area (Å²) in [6, 6.07) is 2.93. The van der Waals surface area contributed by atoms with Gasteiger partial charge in [-0.2, -0.15) is 0 Å². The Kier molecular flexibility index (Phi) is 12.4. The molecule has 1 aromatic carbocycles. The Morgan fingerprint density at radius 2 is 1.54 bits per heavy atom. The Labute approximate surface area is 228 Å². The number of carboxylic acids is 1. The number of carbonyl (C=O) groups excluding carboxylic acids is 3. The number of aromatic nitrogens is 1. The van der Waals surface area contributed by atoms with Crippen molar-refractivity contribution in [1.29, 1.82) is 0 Å². The van der Waals surface area contributed by atoms with E-state index in [1.807, 2.05) is 38.1 Å². The van der Waals surface area contributed by atoms with Crippen molar-refractivity contribution in [3.63, 3.8) is 0 Å². The largest absolute Gasteiger partial charge is 0.480 e. The number of nitrogens with one attached hydrogen (secondary N) is 4. The molecule has 12 heteroatoms. The number of aliphatic carboxylic acids is 1. The molecule has 2 rings (SSSR count). The van der Waals surface area contributed by atoms with Crippen LogP contribution in [0.1, 0.15) is 52.0 Å². The average Bonchev–Trinajstić information content (AvgIpc) is 3.29. The first-order chi connectivity index (χ1) is 18.4. The number of nitrogens with two attached hydrogens (primary N) is 2. The lowest BCUT2D eigenvalue weighted by Gasteiger charge is -2.26. The third kappa shape index (κ3) is 9.65. The summed E-state index contributed by atoms with van der Waals surface area (Å²) in [5.74, 6) is -3.17. The zero-order chi connectivity index (χ0) is 29.1. The van der Waals surface area contributed by atoms with Gasteiger partial charge in [0.15, 0.2) is 0 Å². The summed E-state index contributed by atoms with van der Waals surface area (Å²) in [7, 11) is 0. The maximum absolute atomic E-state index is 13.4. The van der Waals surface area contributed by atoms with Gasteiger partial charge in [0.1, 0.15) is 24.2 Å². The predicted octanol–water partition coefficient (Wildman–Crippen LogP) is 0.133. The van der Waals surface area contributed by atoms with Crippen LogP contribution in [0.25, 0.3) is 10.9 Å². The normalized spacial score (nSPS) is 15.3. The van der Waals surface area contributed by atoms with Crippen LogP contribution in [0, 0.1) is 5.92 Å². The number of rotatable bonds is 16. The molecule has 0 aliphatic heterocycles. The van der Waals surface area contributed by atoms with Crippen molar-refractivity contribution in [3.05, 3.63) is 36.0 Å². The van der Waals surface area contributed by atoms with Crippen LogP contribution in [0.3, 0.4) is 0 Å². The topological polar surface area (TPSA) is 213 Å². The molecule has 5 unspecified atom stereocenters. The van der Waals surface area contributed by atoms with Crippen LogP contribution in [0.2, 0.25) is 0 Å². The summed E-state index contributed by atoms with van der Waals surface area (Å²) in [5.41, 5.74) is 12.9. The number of carbonyl (C=O) groups is 4. The molecule has 0 saturated carbocycles. The summed E-state index contributed by atoms with van der Waals surface area (Å²) < 4.78 is 0. The zero-order valence-electron chi connectivity index (χ0n) is 22.8. The van der Waals surface area contributed by atoms with Gasteiger partial charge in [-0.3, -0.25) is 14.4 Å². The second-order valence-electron chi connectivity index (χ2n) is 10.3. The smallest absolute Gasteiger partial charge is 0.326 e. The summed E-state index contributed by atoms with van der Waals surface area (Å²) in [6.45, 7) is 5.52. The van der Waals surface area contributed by atoms with Crippen molar-refractivity contribution in [3.8, 4) is 0 Å². The summed E-state index contributed by atoms with van der Waals surface area (Å²) in [4.78, 5) is 54.3. The molecule has 216 valence electrons. The molecule has 1 aromatic heterocycles. The molecule has 0 aliphatic carbocycles. The number of aromatic amines is 1. The number of aliphatic hydroxyl groups is 1. The number of fused-ring (bicyclic) bond motifs is 1. The summed E-state index contributed by atoms with van der Waals surface area (Å²) >= 11 is 0. The van der Waals surface area contributed by atoms with Gasteiger partial charge in [-0.15, -0.1) is 0 Å². The Bertz CT molecular complexity index is 1120. The third-order valence-corrected chi connectivity index (χ3v) is 6.46. The van der Waals surface area contributed by atoms with Crippen molar-refractivity contribution in [2.45, 2.75) is 83.1 Å². The van der Waals surface area contributed by atoms with Crippen molar-refractivity contribution >= 4 is 34.6 Å². The summed E-state index contributed by atoms with van der Waals surface area (Å²) in [5, 5.41) is 28.0. The van der Waals surface area contributed by atoms with Crippen LogP contribution in [0.5, 0.6) is 0 Å². The van der Waals surface area contributed by atoms with Crippen molar-refractivity contribution in [2.75, 3.05) is 6.54 Å². The number of H-pyrrole nitrogens is 1. The first-order valence-corrected chi connectivity index (χ1v) is 13.3. The molecule has 0 aliphatic rings. The Balaban J connectivity index is 2.31. The quantitative estimate of drug-likeness (QED) is 0.135. The molecular weight excluding hydrogens is 504 g/mol. The van der Waals surface area contributed by atoms with Gasteiger partial charge < -0.3 is 42.6 Å². The molecule has 0 saturated heterocycles. The molecule has 10 N–H and O–H groups in total. The van der Waals surface area contributed by atoms with E-state index >= 15 is 0 Å². The van der Waals surface area contributed by atoms with E-state index in [1.54, 1.807) is 6.20 Å². The van der Waals surface area contributed by atoms with Gasteiger partial charge in [0.05, 0.1) is 6.10 Å². The molecule has 0 radical (unpaired) electrons. The van der Waals surface area contributed by atoms with E-state index < -0.39 is 54.0 Å². The van der Waals surface area contributed by atoms with Gasteiger partial charge in [0.25, 0.3) is 0 Å². The number of unbranched alkanes of at least 4 members (excludes halogenated alkanes) is 1. The third-order valence-electron chi connectivity index (χ3n) is 6.46. The van der Waals surface area contributed by atoms with Crippen LogP contribution >= 0.6 is 0 Å². The molecule has 2 aromatic rings. The second kappa shape index (κ2) is 15.2. The van der Waals surface area contributed by atoms with E-state index in [2.05, 4.69) is 20.9 Å². The lowest BCUT2D eigenvalue weighted by atomic mass is 10.00. The molecule has 0 bridgehead atoms. The Morgan fingerprint density at radius 3 is 2.15 bits per heavy atom. The monoisotopic (exact) mass is 546 g/mol. The van der Waals surface area contributed by atoms with Crippen molar-refractivity contribution < 1.29 is 29.4 Å². The summed E-state index contributed by atoms with van der Waals surface area (Å²) in [6.07, 6.45) is 2.26. The minimum absolute atomic E-state index is 0.00338. The number of para-hydroxylation sites is 1. The zero-order valence-corrected chi connectivity index (χ0v) is 22.8. The highest BCUT2D eigenvalue weighted by Crippen LogP contribution is 2.19. The Morgan fingerprint density at radius 1 is 0.923 bits per heavy atom. The molecule has 39 heavy (non-hydrogen) atoms. The highest BCUT2D eigenvalue weighted by Gasteiger charge is 2.31. The van der Waals surface area contributed by atoms with Gasteiger partial charge in [0, 0.05) is 23.5 Å². The molecule has 5 atom stereocenters. The van der Waals surface area contributed by atoms with E-state index in [4.69, 9.17) is 11.5 Å². The lowest BCUT2D eigenvalue weighted by Crippen LogP contribution is -2.58.